The number of fused-ring (bicyclic) bond motifs is 2. The monoisotopic (exact) mass is 302 g/mol. The summed E-state index contributed by atoms with van der Waals surface area (Å²) < 4.78 is 0. The van der Waals surface area contributed by atoms with Crippen molar-refractivity contribution in [3.05, 3.63) is 40.4 Å². The highest BCUT2D eigenvalue weighted by atomic mass is 35.5. The molecule has 0 radical (unpaired) electrons. The number of carbonyl (C=O) groups excluding carboxylic acids is 1. The Bertz CT molecular complexity index is 603. The summed E-state index contributed by atoms with van der Waals surface area (Å²) in [6.45, 7) is 0. The number of halogens is 1. The third kappa shape index (κ3) is 2.55. The summed E-state index contributed by atoms with van der Waals surface area (Å²) >= 11 is 5.97. The first-order valence-corrected chi connectivity index (χ1v) is 8.13. The molecule has 3 fully saturated rings. The second kappa shape index (κ2) is 5.06. The number of carbonyl (C=O) groups is 1. The summed E-state index contributed by atoms with van der Waals surface area (Å²) in [5.41, 5.74) is 4.09. The maximum Gasteiger partial charge on any atom is 0.322 e. The van der Waals surface area contributed by atoms with Gasteiger partial charge in [-0.05, 0) is 56.7 Å². The zero-order valence-corrected chi connectivity index (χ0v) is 12.7. The zero-order chi connectivity index (χ0) is 14.4. The quantitative estimate of drug-likeness (QED) is 0.756. The molecule has 2 atom stereocenters. The Hall–Kier alpha value is -1.48. The van der Waals surface area contributed by atoms with Crippen LogP contribution in [-0.4, -0.2) is 23.0 Å². The molecule has 1 N–H and O–H groups in total. The summed E-state index contributed by atoms with van der Waals surface area (Å²) in [4.78, 5) is 14.7. The summed E-state index contributed by atoms with van der Waals surface area (Å²) in [6, 6.07) is 8.17. The smallest absolute Gasteiger partial charge is 0.318 e. The van der Waals surface area contributed by atoms with Gasteiger partial charge in [-0.2, -0.15) is 0 Å². The van der Waals surface area contributed by atoms with Crippen LogP contribution in [0.4, 0.5) is 10.5 Å². The Kier molecular flexibility index (Phi) is 3.18. The lowest BCUT2D eigenvalue weighted by Gasteiger charge is -2.36. The van der Waals surface area contributed by atoms with E-state index in [4.69, 9.17) is 11.6 Å². The Morgan fingerprint density at radius 3 is 2.48 bits per heavy atom. The van der Waals surface area contributed by atoms with Gasteiger partial charge in [0.2, 0.25) is 0 Å². The van der Waals surface area contributed by atoms with E-state index in [1.165, 1.54) is 12.8 Å². The fourth-order valence-corrected chi connectivity index (χ4v) is 4.00. The van der Waals surface area contributed by atoms with Crippen LogP contribution in [0.2, 0.25) is 5.02 Å². The number of rotatable bonds is 1. The van der Waals surface area contributed by atoms with Crippen molar-refractivity contribution in [3.63, 3.8) is 0 Å². The summed E-state index contributed by atoms with van der Waals surface area (Å²) in [5, 5.41) is 3.65. The number of urea groups is 1. The standard InChI is InChI=1S/C17H19ClN2O/c18-13-2-1-3-14(10-13)19-17(21)20-15-6-7-16(20)9-12(8-15)11-4-5-11/h1-3,10,15-16H,4-9H2,(H,19,21). The molecule has 0 aromatic heterocycles. The Labute approximate surface area is 130 Å². The zero-order valence-electron chi connectivity index (χ0n) is 11.9. The van der Waals surface area contributed by atoms with E-state index < -0.39 is 0 Å². The van der Waals surface area contributed by atoms with Gasteiger partial charge in [0.1, 0.15) is 0 Å². The van der Waals surface area contributed by atoms with Gasteiger partial charge in [0.15, 0.2) is 0 Å². The summed E-state index contributed by atoms with van der Waals surface area (Å²) in [5.74, 6) is 0. The van der Waals surface area contributed by atoms with E-state index in [0.717, 1.165) is 31.4 Å². The lowest BCUT2D eigenvalue weighted by molar-refractivity contribution is 0.173. The van der Waals surface area contributed by atoms with Crippen molar-refractivity contribution in [2.45, 2.75) is 50.6 Å². The van der Waals surface area contributed by atoms with Crippen LogP contribution in [0.15, 0.2) is 35.4 Å². The summed E-state index contributed by atoms with van der Waals surface area (Å²) in [6.07, 6.45) is 7.06. The second-order valence-electron chi connectivity index (χ2n) is 6.35. The minimum absolute atomic E-state index is 0.0320. The van der Waals surface area contributed by atoms with Crippen LogP contribution in [0.25, 0.3) is 0 Å². The molecule has 110 valence electrons. The van der Waals surface area contributed by atoms with Gasteiger partial charge in [-0.1, -0.05) is 28.8 Å². The lowest BCUT2D eigenvalue weighted by Crippen LogP contribution is -2.46. The molecule has 2 amide bonds. The Morgan fingerprint density at radius 2 is 1.86 bits per heavy atom. The highest BCUT2D eigenvalue weighted by Crippen LogP contribution is 2.44. The van der Waals surface area contributed by atoms with E-state index in [1.54, 1.807) is 17.2 Å². The predicted molar refractivity (Wildman–Crippen MR) is 84.6 cm³/mol. The minimum atomic E-state index is 0.0320. The van der Waals surface area contributed by atoms with Crippen molar-refractivity contribution in [2.24, 2.45) is 0 Å². The van der Waals surface area contributed by atoms with Crippen molar-refractivity contribution in [3.8, 4) is 0 Å². The number of anilines is 1. The molecule has 2 aliphatic heterocycles. The van der Waals surface area contributed by atoms with Crippen molar-refractivity contribution < 1.29 is 4.79 Å². The largest absolute Gasteiger partial charge is 0.322 e. The molecule has 2 unspecified atom stereocenters. The molecule has 3 aliphatic rings. The number of nitrogens with one attached hydrogen (secondary N) is 1. The first-order chi connectivity index (χ1) is 10.2. The highest BCUT2D eigenvalue weighted by molar-refractivity contribution is 6.30. The van der Waals surface area contributed by atoms with Crippen molar-refractivity contribution in [1.29, 1.82) is 0 Å². The number of amides is 2. The van der Waals surface area contributed by atoms with Gasteiger partial charge in [-0.25, -0.2) is 4.79 Å². The second-order valence-corrected chi connectivity index (χ2v) is 6.78. The van der Waals surface area contributed by atoms with Crippen molar-refractivity contribution >= 4 is 23.3 Å². The van der Waals surface area contributed by atoms with Gasteiger partial charge in [0.05, 0.1) is 0 Å². The molecule has 1 saturated carbocycles. The lowest BCUT2D eigenvalue weighted by atomic mass is 9.96. The van der Waals surface area contributed by atoms with Gasteiger partial charge >= 0.3 is 6.03 Å². The molecule has 1 aliphatic carbocycles. The Morgan fingerprint density at radius 1 is 1.14 bits per heavy atom. The first-order valence-electron chi connectivity index (χ1n) is 7.75. The maximum atomic E-state index is 12.6. The van der Waals surface area contributed by atoms with Crippen LogP contribution in [0, 0.1) is 0 Å². The molecule has 4 heteroatoms. The minimum Gasteiger partial charge on any atom is -0.318 e. The molecule has 2 bridgehead atoms. The van der Waals surface area contributed by atoms with Gasteiger partial charge in [0, 0.05) is 22.8 Å². The number of piperidine rings is 1. The number of hydrogen-bond acceptors (Lipinski definition) is 1. The van der Waals surface area contributed by atoms with E-state index in [2.05, 4.69) is 10.2 Å². The molecule has 21 heavy (non-hydrogen) atoms. The molecular weight excluding hydrogens is 284 g/mol. The fraction of sp³-hybridized carbons (Fsp3) is 0.471. The van der Waals surface area contributed by atoms with Crippen LogP contribution >= 0.6 is 11.6 Å². The van der Waals surface area contributed by atoms with E-state index >= 15 is 0 Å². The number of allylic oxidation sites excluding steroid dienone is 1. The number of hydrogen-bond donors (Lipinski definition) is 1. The van der Waals surface area contributed by atoms with E-state index in [-0.39, 0.29) is 6.03 Å². The van der Waals surface area contributed by atoms with Crippen LogP contribution in [0.1, 0.15) is 38.5 Å². The van der Waals surface area contributed by atoms with Gasteiger partial charge in [-0.15, -0.1) is 0 Å². The topological polar surface area (TPSA) is 32.3 Å². The molecular formula is C17H19ClN2O. The number of benzene rings is 1. The van der Waals surface area contributed by atoms with Crippen LogP contribution in [-0.2, 0) is 0 Å². The first kappa shape index (κ1) is 13.2. The highest BCUT2D eigenvalue weighted by Gasteiger charge is 2.42. The normalized spacial score (nSPS) is 27.0. The van der Waals surface area contributed by atoms with Crippen LogP contribution in [0.5, 0.6) is 0 Å². The summed E-state index contributed by atoms with van der Waals surface area (Å²) in [7, 11) is 0. The Balaban J connectivity index is 1.49. The van der Waals surface area contributed by atoms with Crippen molar-refractivity contribution in [1.82, 2.24) is 4.90 Å². The average Bonchev–Trinajstić information content (AvgIpc) is 3.25. The molecule has 0 spiro atoms. The molecule has 1 aromatic rings. The molecule has 1 aromatic carbocycles. The molecule has 3 nitrogen and oxygen atoms in total. The van der Waals surface area contributed by atoms with Gasteiger partial charge in [-0.3, -0.25) is 0 Å². The van der Waals surface area contributed by atoms with E-state index in [1.807, 2.05) is 18.2 Å². The third-order valence-corrected chi connectivity index (χ3v) is 5.13. The van der Waals surface area contributed by atoms with Crippen LogP contribution in [0.3, 0.4) is 0 Å². The SMILES string of the molecule is O=C(Nc1cccc(Cl)c1)N1C2CCC1CC(=C1CC1)C2. The van der Waals surface area contributed by atoms with Gasteiger partial charge < -0.3 is 10.2 Å². The van der Waals surface area contributed by atoms with Crippen molar-refractivity contribution in [2.75, 3.05) is 5.32 Å². The third-order valence-electron chi connectivity index (χ3n) is 4.89. The van der Waals surface area contributed by atoms with E-state index in [0.29, 0.717) is 17.1 Å². The fourth-order valence-electron chi connectivity index (χ4n) is 3.80. The molecule has 4 rings (SSSR count). The molecule has 2 heterocycles. The van der Waals surface area contributed by atoms with Crippen LogP contribution < -0.4 is 5.32 Å². The maximum absolute atomic E-state index is 12.6. The van der Waals surface area contributed by atoms with Gasteiger partial charge in [0.25, 0.3) is 0 Å². The van der Waals surface area contributed by atoms with E-state index in [9.17, 15) is 4.79 Å². The average molecular weight is 303 g/mol. The predicted octanol–water partition coefficient (Wildman–Crippen LogP) is 4.59. The number of nitrogens with zero attached hydrogens (tertiary/aromatic N) is 1. The molecule has 2 saturated heterocycles.